The van der Waals surface area contributed by atoms with Gasteiger partial charge in [0.2, 0.25) is 0 Å². The van der Waals surface area contributed by atoms with Crippen molar-refractivity contribution in [2.45, 2.75) is 90.9 Å². The summed E-state index contributed by atoms with van der Waals surface area (Å²) in [5.41, 5.74) is 11.9. The van der Waals surface area contributed by atoms with E-state index in [9.17, 15) is 4.39 Å². The lowest BCUT2D eigenvalue weighted by atomic mass is 9.82. The molecule has 13 rings (SSSR count). The largest absolute Gasteiger partial charge is 0.454 e. The molecule has 2 aromatic heterocycles. The molecular formula is C68H60F2N2O2. The number of para-hydroxylation sites is 2. The molecule has 0 unspecified atom stereocenters. The first-order chi connectivity index (χ1) is 36.5. The number of furan rings is 2. The van der Waals surface area contributed by atoms with Crippen molar-refractivity contribution < 1.29 is 17.6 Å². The first kappa shape index (κ1) is 46.1. The molecule has 0 radical (unpaired) electrons. The van der Waals surface area contributed by atoms with E-state index in [0.29, 0.717) is 11.8 Å². The SMILES string of the molecule is C/C=C\c1c(/C(=C\C)C2CCCCC2)oc2c(N(c3ccc(F)cc3)c3ccc4ccc5c(N(C6=CC=C(F)CC=C6)c6cccc7c8c(oc67)C(C6CCCCC6)=CC=CC8)ccc6ccc3c4c65)cccc12. The third kappa shape index (κ3) is 7.84. The van der Waals surface area contributed by atoms with E-state index in [1.165, 1.54) is 80.2 Å². The maximum Gasteiger partial charge on any atom is 0.159 e. The van der Waals surface area contributed by atoms with Crippen LogP contribution in [0.4, 0.5) is 37.2 Å². The average molecular weight is 975 g/mol. The maximum absolute atomic E-state index is 15.2. The smallest absolute Gasteiger partial charge is 0.159 e. The molecule has 0 N–H and O–H groups in total. The summed E-state index contributed by atoms with van der Waals surface area (Å²) in [6.07, 6.45) is 33.9. The number of rotatable bonds is 10. The van der Waals surface area contributed by atoms with Gasteiger partial charge in [-0.05, 0) is 157 Å². The molecule has 6 heteroatoms. The summed E-state index contributed by atoms with van der Waals surface area (Å²) < 4.78 is 44.6. The molecule has 4 aliphatic carbocycles. The molecule has 4 nitrogen and oxygen atoms in total. The van der Waals surface area contributed by atoms with Crippen LogP contribution in [0.3, 0.4) is 0 Å². The zero-order valence-corrected chi connectivity index (χ0v) is 42.3. The average Bonchev–Trinajstić information content (AvgIpc) is 3.85. The number of anilines is 5. The zero-order valence-electron chi connectivity index (χ0n) is 42.3. The van der Waals surface area contributed by atoms with Crippen LogP contribution in [0.15, 0.2) is 184 Å². The molecule has 2 saturated carbocycles. The molecule has 9 aromatic rings. The van der Waals surface area contributed by atoms with E-state index in [1.54, 1.807) is 6.08 Å². The summed E-state index contributed by atoms with van der Waals surface area (Å²) in [4.78, 5) is 4.52. The Morgan fingerprint density at radius 2 is 1.23 bits per heavy atom. The van der Waals surface area contributed by atoms with Gasteiger partial charge in [0.1, 0.15) is 23.2 Å². The Balaban J connectivity index is 1.02. The number of benzene rings is 7. The first-order valence-corrected chi connectivity index (χ1v) is 27.0. The normalized spacial score (nSPS) is 17.1. The fourth-order valence-electron chi connectivity index (χ4n) is 13.1. The van der Waals surface area contributed by atoms with Gasteiger partial charge in [0.05, 0.1) is 22.7 Å². The molecule has 0 bridgehead atoms. The molecule has 4 aliphatic rings. The molecular weight excluding hydrogens is 915 g/mol. The summed E-state index contributed by atoms with van der Waals surface area (Å²) in [5.74, 6) is 2.35. The van der Waals surface area contributed by atoms with E-state index >= 15 is 4.39 Å². The second-order valence-electron chi connectivity index (χ2n) is 20.8. The highest BCUT2D eigenvalue weighted by molar-refractivity contribution is 6.28. The number of halogens is 2. The molecule has 0 aliphatic heterocycles. The van der Waals surface area contributed by atoms with Gasteiger partial charge in [-0.2, -0.15) is 0 Å². The van der Waals surface area contributed by atoms with Gasteiger partial charge in [-0.25, -0.2) is 8.78 Å². The van der Waals surface area contributed by atoms with E-state index < -0.39 is 0 Å². The van der Waals surface area contributed by atoms with Crippen LogP contribution in [0.1, 0.15) is 107 Å². The standard InChI is InChI=1S/C68H60F2N2O2/c1-3-16-53-55-25-14-28-62(67(55)73-65(53)51(4-2)43-17-7-5-8-18-43)72(50-37-34-48(70)35-38-50)60-42-32-46-29-39-57-59(41-31-45-30-40-58(60)64(46)63(45)57)71(49-22-13-21-47(69)33-36-49)61-27-15-26-56-54-24-12-11-23-52(66(54)74-68(56)61)44-19-9-6-10-20-44/h3-4,11-16,22-23,25-44H,5-10,17-21,24H2,1-2H3/b16-3-,51-4-. The number of hydrogen-bond acceptors (Lipinski definition) is 4. The van der Waals surface area contributed by atoms with Gasteiger partial charge < -0.3 is 18.6 Å². The van der Waals surface area contributed by atoms with Crippen molar-refractivity contribution in [3.05, 3.63) is 204 Å². The van der Waals surface area contributed by atoms with E-state index in [4.69, 9.17) is 8.83 Å². The second kappa shape index (κ2) is 19.3. The Labute approximate surface area is 432 Å². The lowest BCUT2D eigenvalue weighted by molar-refractivity contribution is 0.422. The molecule has 7 aromatic carbocycles. The molecule has 74 heavy (non-hydrogen) atoms. The number of fused-ring (bicyclic) bond motifs is 4. The van der Waals surface area contributed by atoms with Gasteiger partial charge in [0.25, 0.3) is 0 Å². The molecule has 0 spiro atoms. The van der Waals surface area contributed by atoms with Crippen molar-refractivity contribution in [1.82, 2.24) is 0 Å². The van der Waals surface area contributed by atoms with Gasteiger partial charge >= 0.3 is 0 Å². The highest BCUT2D eigenvalue weighted by Gasteiger charge is 2.31. The van der Waals surface area contributed by atoms with E-state index in [0.717, 1.165) is 125 Å². The third-order valence-electron chi connectivity index (χ3n) is 16.5. The molecule has 0 amide bonds. The van der Waals surface area contributed by atoms with E-state index in [2.05, 4.69) is 145 Å². The van der Waals surface area contributed by atoms with Gasteiger partial charge in [0.15, 0.2) is 11.2 Å². The van der Waals surface area contributed by atoms with Crippen molar-refractivity contribution >= 4 is 99.9 Å². The molecule has 2 fully saturated rings. The summed E-state index contributed by atoms with van der Waals surface area (Å²) in [5, 5.41) is 8.70. The molecule has 368 valence electrons. The highest BCUT2D eigenvalue weighted by Crippen LogP contribution is 2.52. The van der Waals surface area contributed by atoms with E-state index in [1.807, 2.05) is 30.4 Å². The van der Waals surface area contributed by atoms with Gasteiger partial charge in [0, 0.05) is 50.5 Å². The second-order valence-corrected chi connectivity index (χ2v) is 20.8. The van der Waals surface area contributed by atoms with Crippen LogP contribution in [0.25, 0.3) is 71.5 Å². The number of nitrogens with zero attached hydrogens (tertiary/aromatic N) is 2. The summed E-state index contributed by atoms with van der Waals surface area (Å²) in [7, 11) is 0. The highest BCUT2D eigenvalue weighted by atomic mass is 19.1. The first-order valence-electron chi connectivity index (χ1n) is 27.0. The Hall–Kier alpha value is -7.70. The fraction of sp³-hybridized carbons (Fsp3) is 0.235. The zero-order chi connectivity index (χ0) is 49.9. The Bertz CT molecular complexity index is 3860. The quantitative estimate of drug-likeness (QED) is 0.128. The third-order valence-corrected chi connectivity index (χ3v) is 16.5. The van der Waals surface area contributed by atoms with Crippen LogP contribution in [-0.4, -0.2) is 0 Å². The summed E-state index contributed by atoms with van der Waals surface area (Å²) in [6.45, 7) is 4.21. The van der Waals surface area contributed by atoms with Gasteiger partial charge in [-0.3, -0.25) is 0 Å². The maximum atomic E-state index is 15.2. The van der Waals surface area contributed by atoms with Crippen molar-refractivity contribution in [3.8, 4) is 0 Å². The van der Waals surface area contributed by atoms with Crippen LogP contribution >= 0.6 is 0 Å². The van der Waals surface area contributed by atoms with Crippen LogP contribution in [0.2, 0.25) is 0 Å². The lowest BCUT2D eigenvalue weighted by Crippen LogP contribution is -2.16. The number of hydrogen-bond donors (Lipinski definition) is 0. The van der Waals surface area contributed by atoms with Crippen LogP contribution < -0.4 is 9.80 Å². The minimum absolute atomic E-state index is 0.187. The van der Waals surface area contributed by atoms with Crippen molar-refractivity contribution in [3.63, 3.8) is 0 Å². The fourth-order valence-corrected chi connectivity index (χ4v) is 13.1. The van der Waals surface area contributed by atoms with Gasteiger partial charge in [-0.15, -0.1) is 0 Å². The summed E-state index contributed by atoms with van der Waals surface area (Å²) in [6, 6.07) is 37.5. The summed E-state index contributed by atoms with van der Waals surface area (Å²) >= 11 is 0. The molecule has 2 heterocycles. The topological polar surface area (TPSA) is 32.8 Å². The van der Waals surface area contributed by atoms with Crippen LogP contribution in [-0.2, 0) is 6.42 Å². The predicted octanol–water partition coefficient (Wildman–Crippen LogP) is 20.6. The molecule has 0 saturated heterocycles. The predicted molar refractivity (Wildman–Crippen MR) is 306 cm³/mol. The van der Waals surface area contributed by atoms with Crippen molar-refractivity contribution in [2.24, 2.45) is 11.8 Å². The Morgan fingerprint density at radius 3 is 1.93 bits per heavy atom. The number of allylic oxidation sites excluding steroid dienone is 12. The van der Waals surface area contributed by atoms with Crippen LogP contribution in [0, 0.1) is 17.7 Å². The monoisotopic (exact) mass is 974 g/mol. The Morgan fingerprint density at radius 1 is 0.581 bits per heavy atom. The van der Waals surface area contributed by atoms with E-state index in [-0.39, 0.29) is 18.1 Å². The van der Waals surface area contributed by atoms with Gasteiger partial charge in [-0.1, -0.05) is 142 Å². The molecule has 0 atom stereocenters. The minimum atomic E-state index is -0.295. The van der Waals surface area contributed by atoms with Crippen LogP contribution in [0.5, 0.6) is 0 Å². The Kier molecular flexibility index (Phi) is 12.0. The van der Waals surface area contributed by atoms with Crippen molar-refractivity contribution in [1.29, 1.82) is 0 Å². The minimum Gasteiger partial charge on any atom is -0.454 e. The lowest BCUT2D eigenvalue weighted by Gasteiger charge is -2.29. The van der Waals surface area contributed by atoms with Crippen molar-refractivity contribution in [2.75, 3.05) is 9.80 Å².